The summed E-state index contributed by atoms with van der Waals surface area (Å²) in [4.78, 5) is 15.5. The minimum Gasteiger partial charge on any atom is -0.465 e. The van der Waals surface area contributed by atoms with Crippen LogP contribution in [0.25, 0.3) is 0 Å². The van der Waals surface area contributed by atoms with E-state index in [1.54, 1.807) is 0 Å². The Morgan fingerprint density at radius 1 is 1.64 bits per heavy atom. The van der Waals surface area contributed by atoms with Crippen molar-refractivity contribution < 1.29 is 9.53 Å². The molecule has 0 spiro atoms. The first-order valence-electron chi connectivity index (χ1n) is 4.44. The molecule has 0 aliphatic rings. The molecule has 14 heavy (non-hydrogen) atoms. The van der Waals surface area contributed by atoms with Crippen LogP contribution in [-0.2, 0) is 11.2 Å². The zero-order chi connectivity index (χ0) is 10.7. The zero-order valence-electron chi connectivity index (χ0n) is 8.63. The number of carbonyl (C=O) groups excluding carboxylic acids is 1. The van der Waals surface area contributed by atoms with Crippen molar-refractivity contribution in [2.45, 2.75) is 20.3 Å². The number of nitrogen functional groups attached to an aromatic ring is 1. The van der Waals surface area contributed by atoms with Crippen molar-refractivity contribution >= 4 is 11.7 Å². The Bertz CT molecular complexity index is 361. The number of anilines is 1. The number of nitrogens with two attached hydrogens (primary N) is 1. The lowest BCUT2D eigenvalue weighted by atomic mass is 10.1. The Balaban J connectivity index is 3.32. The summed E-state index contributed by atoms with van der Waals surface area (Å²) in [6.45, 7) is 3.81. The summed E-state index contributed by atoms with van der Waals surface area (Å²) < 4.78 is 4.65. The summed E-state index contributed by atoms with van der Waals surface area (Å²) in [7, 11) is 1.34. The fourth-order valence-electron chi connectivity index (χ4n) is 1.40. The third kappa shape index (κ3) is 1.69. The molecule has 0 fully saturated rings. The second-order valence-electron chi connectivity index (χ2n) is 3.01. The Morgan fingerprint density at radius 2 is 2.29 bits per heavy atom. The van der Waals surface area contributed by atoms with Crippen LogP contribution in [-0.4, -0.2) is 18.1 Å². The molecule has 1 heterocycles. The van der Waals surface area contributed by atoms with Gasteiger partial charge in [0.05, 0.1) is 24.6 Å². The molecule has 0 aromatic carbocycles. The Kier molecular flexibility index (Phi) is 3.06. The number of esters is 1. The number of ether oxygens (including phenoxy) is 1. The molecular weight excluding hydrogens is 180 g/mol. The van der Waals surface area contributed by atoms with Crippen LogP contribution in [0.1, 0.15) is 28.5 Å². The summed E-state index contributed by atoms with van der Waals surface area (Å²) >= 11 is 0. The molecule has 0 amide bonds. The van der Waals surface area contributed by atoms with Gasteiger partial charge >= 0.3 is 5.97 Å². The Morgan fingerprint density at radius 3 is 2.79 bits per heavy atom. The fraction of sp³-hybridized carbons (Fsp3) is 0.400. The zero-order valence-corrected chi connectivity index (χ0v) is 8.63. The van der Waals surface area contributed by atoms with E-state index in [9.17, 15) is 4.79 Å². The van der Waals surface area contributed by atoms with Gasteiger partial charge in [-0.15, -0.1) is 0 Å². The van der Waals surface area contributed by atoms with Crippen LogP contribution in [0.3, 0.4) is 0 Å². The molecule has 1 aromatic rings. The van der Waals surface area contributed by atoms with Gasteiger partial charge in [0.2, 0.25) is 0 Å². The van der Waals surface area contributed by atoms with Crippen molar-refractivity contribution in [1.82, 2.24) is 4.98 Å². The van der Waals surface area contributed by atoms with Crippen LogP contribution < -0.4 is 5.73 Å². The molecule has 1 rings (SSSR count). The number of hydrogen-bond acceptors (Lipinski definition) is 4. The van der Waals surface area contributed by atoms with Gasteiger partial charge in [0.25, 0.3) is 0 Å². The predicted octanol–water partition coefficient (Wildman–Crippen LogP) is 1.32. The Hall–Kier alpha value is -1.58. The molecular formula is C10H14N2O2. The first-order valence-corrected chi connectivity index (χ1v) is 4.44. The average Bonchev–Trinajstić information content (AvgIpc) is 2.18. The van der Waals surface area contributed by atoms with Crippen LogP contribution in [0.4, 0.5) is 5.69 Å². The number of hydrogen-bond donors (Lipinski definition) is 1. The molecule has 0 bridgehead atoms. The molecule has 0 aliphatic carbocycles. The highest BCUT2D eigenvalue weighted by molar-refractivity contribution is 5.96. The monoisotopic (exact) mass is 194 g/mol. The molecule has 0 radical (unpaired) electrons. The van der Waals surface area contributed by atoms with E-state index in [0.29, 0.717) is 11.3 Å². The minimum absolute atomic E-state index is 0.367. The van der Waals surface area contributed by atoms with E-state index in [4.69, 9.17) is 5.73 Å². The quantitative estimate of drug-likeness (QED) is 0.721. The normalized spacial score (nSPS) is 9.93. The van der Waals surface area contributed by atoms with Crippen LogP contribution in [0.2, 0.25) is 0 Å². The molecule has 4 heteroatoms. The van der Waals surface area contributed by atoms with Crippen LogP contribution >= 0.6 is 0 Å². The minimum atomic E-state index is -0.405. The van der Waals surface area contributed by atoms with E-state index in [1.807, 2.05) is 13.8 Å². The SMILES string of the molecule is CCc1ncc(N)c(C(=O)OC)c1C. The van der Waals surface area contributed by atoms with E-state index in [-0.39, 0.29) is 0 Å². The van der Waals surface area contributed by atoms with Crippen molar-refractivity contribution in [3.8, 4) is 0 Å². The smallest absolute Gasteiger partial charge is 0.340 e. The molecule has 1 aromatic heterocycles. The van der Waals surface area contributed by atoms with Crippen molar-refractivity contribution in [3.05, 3.63) is 23.0 Å². The van der Waals surface area contributed by atoms with Crippen molar-refractivity contribution in [2.24, 2.45) is 0 Å². The largest absolute Gasteiger partial charge is 0.465 e. The number of pyridine rings is 1. The number of aromatic nitrogens is 1. The highest BCUT2D eigenvalue weighted by Crippen LogP contribution is 2.19. The van der Waals surface area contributed by atoms with E-state index >= 15 is 0 Å². The third-order valence-corrected chi connectivity index (χ3v) is 2.18. The molecule has 0 aliphatic heterocycles. The van der Waals surface area contributed by atoms with Gasteiger partial charge in [-0.2, -0.15) is 0 Å². The number of methoxy groups -OCH3 is 1. The number of carbonyl (C=O) groups is 1. The molecule has 2 N–H and O–H groups in total. The number of nitrogens with zero attached hydrogens (tertiary/aromatic N) is 1. The summed E-state index contributed by atoms with van der Waals surface area (Å²) in [5.41, 5.74) is 8.13. The molecule has 0 atom stereocenters. The first kappa shape index (κ1) is 10.5. The summed E-state index contributed by atoms with van der Waals surface area (Å²) in [6, 6.07) is 0. The van der Waals surface area contributed by atoms with Gasteiger partial charge in [-0.3, -0.25) is 4.98 Å². The van der Waals surface area contributed by atoms with Gasteiger partial charge < -0.3 is 10.5 Å². The van der Waals surface area contributed by atoms with Crippen LogP contribution in [0.5, 0.6) is 0 Å². The predicted molar refractivity (Wildman–Crippen MR) is 54.1 cm³/mol. The van der Waals surface area contributed by atoms with E-state index in [1.165, 1.54) is 13.3 Å². The lowest BCUT2D eigenvalue weighted by molar-refractivity contribution is 0.0601. The first-order chi connectivity index (χ1) is 6.61. The van der Waals surface area contributed by atoms with Crippen LogP contribution in [0, 0.1) is 6.92 Å². The van der Waals surface area contributed by atoms with Gasteiger partial charge in [-0.1, -0.05) is 6.92 Å². The second kappa shape index (κ2) is 4.09. The number of rotatable bonds is 2. The van der Waals surface area contributed by atoms with Gasteiger partial charge in [0.15, 0.2) is 0 Å². The third-order valence-electron chi connectivity index (χ3n) is 2.18. The number of aryl methyl sites for hydroxylation is 1. The molecule has 4 nitrogen and oxygen atoms in total. The molecule has 0 saturated carbocycles. The maximum atomic E-state index is 11.4. The van der Waals surface area contributed by atoms with Crippen molar-refractivity contribution in [3.63, 3.8) is 0 Å². The van der Waals surface area contributed by atoms with Gasteiger partial charge in [0, 0.05) is 5.69 Å². The van der Waals surface area contributed by atoms with Crippen molar-refractivity contribution in [2.75, 3.05) is 12.8 Å². The lowest BCUT2D eigenvalue weighted by Gasteiger charge is -2.09. The van der Waals surface area contributed by atoms with E-state index < -0.39 is 5.97 Å². The molecule has 76 valence electrons. The maximum absolute atomic E-state index is 11.4. The average molecular weight is 194 g/mol. The van der Waals surface area contributed by atoms with Gasteiger partial charge in [-0.25, -0.2) is 4.79 Å². The highest BCUT2D eigenvalue weighted by Gasteiger charge is 2.15. The summed E-state index contributed by atoms with van der Waals surface area (Å²) in [5.74, 6) is -0.405. The second-order valence-corrected chi connectivity index (χ2v) is 3.01. The lowest BCUT2D eigenvalue weighted by Crippen LogP contribution is -2.11. The Labute approximate surface area is 83.1 Å². The highest BCUT2D eigenvalue weighted by atomic mass is 16.5. The standard InChI is InChI=1S/C10H14N2O2/c1-4-8-6(2)9(10(13)14-3)7(11)5-12-8/h5H,4,11H2,1-3H3. The topological polar surface area (TPSA) is 65.2 Å². The van der Waals surface area contributed by atoms with E-state index in [2.05, 4.69) is 9.72 Å². The van der Waals surface area contributed by atoms with Crippen LogP contribution in [0.15, 0.2) is 6.20 Å². The van der Waals surface area contributed by atoms with Gasteiger partial charge in [0.1, 0.15) is 0 Å². The summed E-state index contributed by atoms with van der Waals surface area (Å²) in [5, 5.41) is 0. The summed E-state index contributed by atoms with van der Waals surface area (Å²) in [6.07, 6.45) is 2.27. The van der Waals surface area contributed by atoms with Crippen molar-refractivity contribution in [1.29, 1.82) is 0 Å². The molecule has 0 unspecified atom stereocenters. The van der Waals surface area contributed by atoms with Gasteiger partial charge in [-0.05, 0) is 18.9 Å². The maximum Gasteiger partial charge on any atom is 0.340 e. The van der Waals surface area contributed by atoms with E-state index in [0.717, 1.165) is 17.7 Å². The molecule has 0 saturated heterocycles. The fourth-order valence-corrected chi connectivity index (χ4v) is 1.40.